The molecule has 1 aliphatic rings. The number of methoxy groups -OCH3 is 1. The number of amides is 1. The van der Waals surface area contributed by atoms with Crippen molar-refractivity contribution in [1.82, 2.24) is 5.32 Å². The van der Waals surface area contributed by atoms with Gasteiger partial charge in [0.05, 0.1) is 18.8 Å². The Morgan fingerprint density at radius 2 is 2.37 bits per heavy atom. The van der Waals surface area contributed by atoms with Crippen LogP contribution in [0.3, 0.4) is 0 Å². The van der Waals surface area contributed by atoms with E-state index in [1.165, 1.54) is 0 Å². The van der Waals surface area contributed by atoms with Crippen molar-refractivity contribution in [2.24, 2.45) is 0 Å². The number of benzene rings is 1. The maximum Gasteiger partial charge on any atom is 0.255 e. The smallest absolute Gasteiger partial charge is 0.255 e. The molecule has 1 aromatic rings. The molecule has 1 amide bonds. The van der Waals surface area contributed by atoms with Crippen LogP contribution in [-0.4, -0.2) is 32.3 Å². The highest BCUT2D eigenvalue weighted by Crippen LogP contribution is 2.26. The summed E-state index contributed by atoms with van der Waals surface area (Å²) < 4.78 is 10.7. The van der Waals surface area contributed by atoms with E-state index in [1.54, 1.807) is 19.2 Å². The highest BCUT2D eigenvalue weighted by atomic mass is 35.5. The predicted octanol–water partition coefficient (Wildman–Crippen LogP) is 2.57. The fourth-order valence-electron chi connectivity index (χ4n) is 2.11. The number of hydrogen-bond acceptors (Lipinski definition) is 3. The second-order valence-electron chi connectivity index (χ2n) is 4.65. The van der Waals surface area contributed by atoms with Gasteiger partial charge in [0.2, 0.25) is 0 Å². The maximum atomic E-state index is 12.1. The van der Waals surface area contributed by atoms with Crippen LogP contribution in [0.4, 0.5) is 0 Å². The Kier molecular flexibility index (Phi) is 4.66. The van der Waals surface area contributed by atoms with E-state index in [0.29, 0.717) is 22.9 Å². The molecule has 0 radical (unpaired) electrons. The number of ether oxygens (including phenoxy) is 2. The van der Waals surface area contributed by atoms with E-state index in [0.717, 1.165) is 25.0 Å². The summed E-state index contributed by atoms with van der Waals surface area (Å²) in [5.41, 5.74) is 1.34. The summed E-state index contributed by atoms with van der Waals surface area (Å²) in [7, 11) is 1.54. The summed E-state index contributed by atoms with van der Waals surface area (Å²) in [4.78, 5) is 12.1. The molecule has 0 spiro atoms. The van der Waals surface area contributed by atoms with Gasteiger partial charge in [-0.3, -0.25) is 4.79 Å². The number of carbonyl (C=O) groups is 1. The highest BCUT2D eigenvalue weighted by Gasteiger charge is 2.19. The first-order chi connectivity index (χ1) is 9.11. The van der Waals surface area contributed by atoms with Crippen molar-refractivity contribution in [3.05, 3.63) is 28.3 Å². The van der Waals surface area contributed by atoms with E-state index in [2.05, 4.69) is 5.32 Å². The van der Waals surface area contributed by atoms with Gasteiger partial charge in [-0.1, -0.05) is 11.6 Å². The van der Waals surface area contributed by atoms with Gasteiger partial charge in [0.15, 0.2) is 0 Å². The second-order valence-corrected chi connectivity index (χ2v) is 5.05. The van der Waals surface area contributed by atoms with Crippen LogP contribution in [0.15, 0.2) is 12.1 Å². The van der Waals surface area contributed by atoms with Crippen LogP contribution in [0.1, 0.15) is 28.8 Å². The Morgan fingerprint density at radius 1 is 1.58 bits per heavy atom. The van der Waals surface area contributed by atoms with Gasteiger partial charge < -0.3 is 14.8 Å². The van der Waals surface area contributed by atoms with Gasteiger partial charge in [0.1, 0.15) is 5.75 Å². The number of hydrogen-bond donors (Lipinski definition) is 1. The molecule has 0 aromatic heterocycles. The molecule has 1 N–H and O–H groups in total. The Morgan fingerprint density at radius 3 is 3.00 bits per heavy atom. The average molecular weight is 284 g/mol. The van der Waals surface area contributed by atoms with Crippen molar-refractivity contribution in [3.63, 3.8) is 0 Å². The quantitative estimate of drug-likeness (QED) is 0.924. The van der Waals surface area contributed by atoms with Gasteiger partial charge in [0, 0.05) is 18.2 Å². The van der Waals surface area contributed by atoms with Gasteiger partial charge in [-0.2, -0.15) is 0 Å². The van der Waals surface area contributed by atoms with Crippen LogP contribution in [0.25, 0.3) is 0 Å². The molecule has 2 rings (SSSR count). The molecule has 0 aliphatic carbocycles. The number of halogens is 1. The minimum atomic E-state index is -0.186. The third-order valence-electron chi connectivity index (χ3n) is 3.24. The summed E-state index contributed by atoms with van der Waals surface area (Å²) in [6.45, 7) is 3.17. The van der Waals surface area contributed by atoms with Gasteiger partial charge in [-0.05, 0) is 37.5 Å². The number of aryl methyl sites for hydroxylation is 1. The molecule has 104 valence electrons. The van der Waals surface area contributed by atoms with Gasteiger partial charge in [-0.15, -0.1) is 0 Å². The minimum absolute atomic E-state index is 0.121. The SMILES string of the molecule is COc1cc(C)c(Cl)cc1C(=O)NCC1CCCO1. The molecule has 1 unspecified atom stereocenters. The summed E-state index contributed by atoms with van der Waals surface area (Å²) in [5.74, 6) is 0.348. The molecule has 1 aromatic carbocycles. The second kappa shape index (κ2) is 6.26. The first kappa shape index (κ1) is 14.2. The summed E-state index contributed by atoms with van der Waals surface area (Å²) in [6, 6.07) is 3.41. The lowest BCUT2D eigenvalue weighted by Crippen LogP contribution is -2.32. The van der Waals surface area contributed by atoms with E-state index >= 15 is 0 Å². The van der Waals surface area contributed by atoms with E-state index < -0.39 is 0 Å². The molecule has 1 saturated heterocycles. The zero-order valence-electron chi connectivity index (χ0n) is 11.2. The average Bonchev–Trinajstić information content (AvgIpc) is 2.91. The molecule has 1 atom stereocenters. The van der Waals surface area contributed by atoms with Gasteiger partial charge in [-0.25, -0.2) is 0 Å². The lowest BCUT2D eigenvalue weighted by atomic mass is 10.1. The Balaban J connectivity index is 2.07. The molecule has 1 aliphatic heterocycles. The lowest BCUT2D eigenvalue weighted by molar-refractivity contribution is 0.0855. The fourth-order valence-corrected chi connectivity index (χ4v) is 2.27. The Hall–Kier alpha value is -1.26. The highest BCUT2D eigenvalue weighted by molar-refractivity contribution is 6.31. The monoisotopic (exact) mass is 283 g/mol. The zero-order chi connectivity index (χ0) is 13.8. The van der Waals surface area contributed by atoms with Crippen LogP contribution in [-0.2, 0) is 4.74 Å². The molecular weight excluding hydrogens is 266 g/mol. The standard InChI is InChI=1S/C14H18ClNO3/c1-9-6-13(18-2)11(7-12(9)15)14(17)16-8-10-4-3-5-19-10/h6-7,10H,3-5,8H2,1-2H3,(H,16,17). The minimum Gasteiger partial charge on any atom is -0.496 e. The Labute approximate surface area is 118 Å². The molecule has 0 saturated carbocycles. The zero-order valence-corrected chi connectivity index (χ0v) is 11.9. The van der Waals surface area contributed by atoms with Crippen molar-refractivity contribution < 1.29 is 14.3 Å². The third kappa shape index (κ3) is 3.39. The van der Waals surface area contributed by atoms with Crippen LogP contribution >= 0.6 is 11.6 Å². The summed E-state index contributed by atoms with van der Waals surface area (Å²) in [6.07, 6.45) is 2.17. The lowest BCUT2D eigenvalue weighted by Gasteiger charge is -2.13. The topological polar surface area (TPSA) is 47.6 Å². The number of carbonyl (C=O) groups excluding carboxylic acids is 1. The van der Waals surface area contributed by atoms with Crippen LogP contribution in [0.2, 0.25) is 5.02 Å². The molecule has 1 heterocycles. The van der Waals surface area contributed by atoms with Crippen molar-refractivity contribution in [3.8, 4) is 5.75 Å². The van der Waals surface area contributed by atoms with E-state index in [9.17, 15) is 4.79 Å². The van der Waals surface area contributed by atoms with E-state index in [4.69, 9.17) is 21.1 Å². The predicted molar refractivity (Wildman–Crippen MR) is 74.0 cm³/mol. The van der Waals surface area contributed by atoms with Crippen molar-refractivity contribution in [1.29, 1.82) is 0 Å². The van der Waals surface area contributed by atoms with Crippen molar-refractivity contribution in [2.45, 2.75) is 25.9 Å². The largest absolute Gasteiger partial charge is 0.496 e. The molecule has 19 heavy (non-hydrogen) atoms. The number of rotatable bonds is 4. The van der Waals surface area contributed by atoms with E-state index in [-0.39, 0.29) is 12.0 Å². The first-order valence-corrected chi connectivity index (χ1v) is 6.73. The molecular formula is C14H18ClNO3. The number of nitrogens with one attached hydrogen (secondary N) is 1. The van der Waals surface area contributed by atoms with Gasteiger partial charge in [0.25, 0.3) is 5.91 Å². The van der Waals surface area contributed by atoms with Crippen LogP contribution in [0, 0.1) is 6.92 Å². The first-order valence-electron chi connectivity index (χ1n) is 6.35. The molecule has 0 bridgehead atoms. The third-order valence-corrected chi connectivity index (χ3v) is 3.65. The molecule has 5 heteroatoms. The maximum absolute atomic E-state index is 12.1. The molecule has 4 nitrogen and oxygen atoms in total. The normalized spacial score (nSPS) is 18.4. The van der Waals surface area contributed by atoms with Gasteiger partial charge >= 0.3 is 0 Å². The van der Waals surface area contributed by atoms with Crippen LogP contribution in [0.5, 0.6) is 5.75 Å². The molecule has 1 fully saturated rings. The van der Waals surface area contributed by atoms with Crippen molar-refractivity contribution >= 4 is 17.5 Å². The summed E-state index contributed by atoms with van der Waals surface area (Å²) >= 11 is 6.05. The Bertz CT molecular complexity index is 470. The fraction of sp³-hybridized carbons (Fsp3) is 0.500. The van der Waals surface area contributed by atoms with E-state index in [1.807, 2.05) is 6.92 Å². The summed E-state index contributed by atoms with van der Waals surface area (Å²) in [5, 5.41) is 3.42. The van der Waals surface area contributed by atoms with Crippen molar-refractivity contribution in [2.75, 3.05) is 20.3 Å². The van der Waals surface area contributed by atoms with Crippen LogP contribution < -0.4 is 10.1 Å².